The fraction of sp³-hybridized carbons (Fsp3) is 0.667. The first-order chi connectivity index (χ1) is 8.01. The van der Waals surface area contributed by atoms with Crippen molar-refractivity contribution in [2.75, 3.05) is 6.54 Å². The fourth-order valence-electron chi connectivity index (χ4n) is 1.38. The van der Waals surface area contributed by atoms with Crippen LogP contribution in [0.2, 0.25) is 0 Å². The Hall–Kier alpha value is -1.67. The summed E-state index contributed by atoms with van der Waals surface area (Å²) in [4.78, 5) is 33.9. The normalized spacial score (nSPS) is 20.1. The van der Waals surface area contributed by atoms with Crippen molar-refractivity contribution in [1.29, 1.82) is 0 Å². The lowest BCUT2D eigenvalue weighted by Crippen LogP contribution is -2.68. The van der Waals surface area contributed by atoms with Crippen LogP contribution in [0.25, 0.3) is 0 Å². The van der Waals surface area contributed by atoms with E-state index in [0.717, 1.165) is 13.8 Å². The van der Waals surface area contributed by atoms with E-state index in [1.165, 1.54) is 0 Å². The highest BCUT2D eigenvalue weighted by Gasteiger charge is 2.56. The molecule has 0 aromatic carbocycles. The number of hydrogen-bond acceptors (Lipinski definition) is 3. The summed E-state index contributed by atoms with van der Waals surface area (Å²) in [5.41, 5.74) is -1.80. The van der Waals surface area contributed by atoms with Crippen molar-refractivity contribution < 1.29 is 31.9 Å². The van der Waals surface area contributed by atoms with E-state index in [0.29, 0.717) is 0 Å². The molecule has 102 valence electrons. The highest BCUT2D eigenvalue weighted by molar-refractivity contribution is 6.06. The Kier molecular flexibility index (Phi) is 3.37. The van der Waals surface area contributed by atoms with Gasteiger partial charge in [0.1, 0.15) is 12.1 Å². The quantitative estimate of drug-likeness (QED) is 0.574. The Morgan fingerprint density at radius 1 is 1.39 bits per heavy atom. The van der Waals surface area contributed by atoms with Gasteiger partial charge in [-0.15, -0.1) is 0 Å². The Labute approximate surface area is 99.1 Å². The second kappa shape index (κ2) is 4.21. The van der Waals surface area contributed by atoms with Gasteiger partial charge in [0.25, 0.3) is 5.91 Å². The molecule has 0 spiro atoms. The molecule has 5 nitrogen and oxygen atoms in total. The first kappa shape index (κ1) is 14.4. The standard InChI is InChI=1S/C9H10F4N2O3/c1-8(2)6(17)14-4(16)3-15(8)7(18)9(12,13)5(10)11/h5H,3H2,1-2H3,(H,14,16,17). The van der Waals surface area contributed by atoms with Gasteiger partial charge in [-0.25, -0.2) is 8.78 Å². The lowest BCUT2D eigenvalue weighted by molar-refractivity contribution is -0.189. The van der Waals surface area contributed by atoms with Crippen molar-refractivity contribution >= 4 is 17.7 Å². The number of halogens is 4. The minimum atomic E-state index is -4.94. The predicted molar refractivity (Wildman–Crippen MR) is 49.9 cm³/mol. The van der Waals surface area contributed by atoms with E-state index in [9.17, 15) is 31.9 Å². The van der Waals surface area contributed by atoms with Crippen molar-refractivity contribution in [2.45, 2.75) is 31.7 Å². The topological polar surface area (TPSA) is 66.5 Å². The number of nitrogens with zero attached hydrogens (tertiary/aromatic N) is 1. The van der Waals surface area contributed by atoms with Crippen molar-refractivity contribution in [2.24, 2.45) is 0 Å². The van der Waals surface area contributed by atoms with Gasteiger partial charge in [-0.05, 0) is 13.8 Å². The molecule has 3 amide bonds. The number of nitrogens with one attached hydrogen (secondary N) is 1. The van der Waals surface area contributed by atoms with E-state index in [4.69, 9.17) is 0 Å². The zero-order chi connectivity index (χ0) is 14.3. The van der Waals surface area contributed by atoms with Gasteiger partial charge in [0.2, 0.25) is 5.91 Å². The fourth-order valence-corrected chi connectivity index (χ4v) is 1.38. The van der Waals surface area contributed by atoms with Crippen LogP contribution in [-0.4, -0.2) is 47.1 Å². The third kappa shape index (κ3) is 2.16. The maximum absolute atomic E-state index is 12.9. The molecule has 0 saturated carbocycles. The molecule has 1 aliphatic rings. The number of hydrogen-bond donors (Lipinski definition) is 1. The van der Waals surface area contributed by atoms with Crippen molar-refractivity contribution in [3.05, 3.63) is 0 Å². The molecule has 0 aliphatic carbocycles. The molecule has 0 unspecified atom stereocenters. The first-order valence-corrected chi connectivity index (χ1v) is 4.83. The molecule has 0 aromatic rings. The van der Waals surface area contributed by atoms with E-state index in [1.807, 2.05) is 5.32 Å². The number of amides is 3. The van der Waals surface area contributed by atoms with Crippen LogP contribution in [0.5, 0.6) is 0 Å². The molecule has 1 aliphatic heterocycles. The van der Waals surface area contributed by atoms with Crippen LogP contribution in [0.1, 0.15) is 13.8 Å². The highest BCUT2D eigenvalue weighted by atomic mass is 19.3. The Bertz CT molecular complexity index is 409. The zero-order valence-corrected chi connectivity index (χ0v) is 9.47. The second-order valence-electron chi connectivity index (χ2n) is 4.25. The smallest absolute Gasteiger partial charge is 0.314 e. The molecule has 0 radical (unpaired) electrons. The van der Waals surface area contributed by atoms with Gasteiger partial charge < -0.3 is 4.90 Å². The molecule has 1 N–H and O–H groups in total. The van der Waals surface area contributed by atoms with Crippen LogP contribution in [0.3, 0.4) is 0 Å². The average molecular weight is 270 g/mol. The largest absolute Gasteiger partial charge is 0.383 e. The molecule has 1 fully saturated rings. The van der Waals surface area contributed by atoms with Gasteiger partial charge in [-0.3, -0.25) is 19.7 Å². The third-order valence-electron chi connectivity index (χ3n) is 2.59. The molecule has 0 bridgehead atoms. The highest BCUT2D eigenvalue weighted by Crippen LogP contribution is 2.29. The summed E-state index contributed by atoms with van der Waals surface area (Å²) in [5.74, 6) is -9.18. The molecule has 1 saturated heterocycles. The minimum Gasteiger partial charge on any atom is -0.314 e. The van der Waals surface area contributed by atoms with Crippen LogP contribution in [0.4, 0.5) is 17.6 Å². The van der Waals surface area contributed by atoms with Crippen molar-refractivity contribution in [3.63, 3.8) is 0 Å². The molecule has 18 heavy (non-hydrogen) atoms. The number of rotatable bonds is 2. The monoisotopic (exact) mass is 270 g/mol. The Morgan fingerprint density at radius 2 is 1.89 bits per heavy atom. The van der Waals surface area contributed by atoms with Crippen LogP contribution in [0, 0.1) is 0 Å². The summed E-state index contributed by atoms with van der Waals surface area (Å²) < 4.78 is 50.0. The van der Waals surface area contributed by atoms with Gasteiger partial charge in [-0.1, -0.05) is 0 Å². The van der Waals surface area contributed by atoms with E-state index in [2.05, 4.69) is 0 Å². The van der Waals surface area contributed by atoms with Gasteiger partial charge in [0, 0.05) is 0 Å². The molecule has 1 rings (SSSR count). The summed E-state index contributed by atoms with van der Waals surface area (Å²) >= 11 is 0. The number of imide groups is 1. The molecule has 0 atom stereocenters. The predicted octanol–water partition coefficient (Wildman–Crippen LogP) is 0.150. The summed E-state index contributed by atoms with van der Waals surface area (Å²) in [7, 11) is 0. The summed E-state index contributed by atoms with van der Waals surface area (Å²) in [5, 5.41) is 1.83. The molecular formula is C9H10F4N2O3. The van der Waals surface area contributed by atoms with Crippen molar-refractivity contribution in [3.8, 4) is 0 Å². The van der Waals surface area contributed by atoms with E-state index in [-0.39, 0.29) is 4.90 Å². The molecular weight excluding hydrogens is 260 g/mol. The summed E-state index contributed by atoms with van der Waals surface area (Å²) in [6.45, 7) is 1.28. The van der Waals surface area contributed by atoms with Crippen LogP contribution in [0.15, 0.2) is 0 Å². The molecule has 9 heteroatoms. The maximum atomic E-state index is 12.9. The van der Waals surface area contributed by atoms with Gasteiger partial charge in [0.05, 0.1) is 0 Å². The lowest BCUT2D eigenvalue weighted by Gasteiger charge is -2.41. The average Bonchev–Trinajstić information content (AvgIpc) is 2.22. The van der Waals surface area contributed by atoms with Gasteiger partial charge >= 0.3 is 18.3 Å². The Morgan fingerprint density at radius 3 is 2.33 bits per heavy atom. The second-order valence-corrected chi connectivity index (χ2v) is 4.25. The number of carbonyl (C=O) groups excluding carboxylic acids is 3. The van der Waals surface area contributed by atoms with E-state index >= 15 is 0 Å². The minimum absolute atomic E-state index is 0.153. The third-order valence-corrected chi connectivity index (χ3v) is 2.59. The number of carbonyl (C=O) groups is 3. The molecule has 1 heterocycles. The Balaban J connectivity index is 3.10. The SMILES string of the molecule is CC1(C)C(=O)NC(=O)CN1C(=O)C(F)(F)C(F)F. The van der Waals surface area contributed by atoms with Crippen LogP contribution < -0.4 is 5.32 Å². The van der Waals surface area contributed by atoms with Crippen molar-refractivity contribution in [1.82, 2.24) is 10.2 Å². The number of piperazine rings is 1. The summed E-state index contributed by atoms with van der Waals surface area (Å²) in [6.07, 6.45) is -4.21. The zero-order valence-electron chi connectivity index (χ0n) is 9.47. The number of alkyl halides is 4. The van der Waals surface area contributed by atoms with Gasteiger partial charge in [0.15, 0.2) is 0 Å². The lowest BCUT2D eigenvalue weighted by atomic mass is 9.97. The van der Waals surface area contributed by atoms with E-state index < -0.39 is 42.2 Å². The van der Waals surface area contributed by atoms with Crippen LogP contribution >= 0.6 is 0 Å². The van der Waals surface area contributed by atoms with Crippen LogP contribution in [-0.2, 0) is 14.4 Å². The first-order valence-electron chi connectivity index (χ1n) is 4.83. The maximum Gasteiger partial charge on any atom is 0.383 e. The molecule has 0 aromatic heterocycles. The summed E-state index contributed by atoms with van der Waals surface area (Å²) in [6, 6.07) is 0. The van der Waals surface area contributed by atoms with Gasteiger partial charge in [-0.2, -0.15) is 8.78 Å². The van der Waals surface area contributed by atoms with E-state index in [1.54, 1.807) is 0 Å².